The monoisotopic (exact) mass is 365 g/mol. The normalized spacial score (nSPS) is 13.5. The summed E-state index contributed by atoms with van der Waals surface area (Å²) in [6.45, 7) is 4.07. The van der Waals surface area contributed by atoms with Gasteiger partial charge in [-0.15, -0.1) is 0 Å². The molecule has 0 bridgehead atoms. The van der Waals surface area contributed by atoms with Gasteiger partial charge in [0, 0.05) is 40.8 Å². The third-order valence-electron chi connectivity index (χ3n) is 4.36. The molecule has 1 aromatic carbocycles. The van der Waals surface area contributed by atoms with Crippen LogP contribution in [0.1, 0.15) is 24.0 Å². The number of rotatable bonds is 5. The van der Waals surface area contributed by atoms with Crippen molar-refractivity contribution < 1.29 is 0 Å². The second-order valence-corrected chi connectivity index (χ2v) is 7.09. The zero-order valence-electron chi connectivity index (χ0n) is 14.8. The minimum Gasteiger partial charge on any atom is -0.351 e. The lowest BCUT2D eigenvalue weighted by atomic mass is 10.1. The summed E-state index contributed by atoms with van der Waals surface area (Å²) in [5.41, 5.74) is 5.05. The van der Waals surface area contributed by atoms with Crippen LogP contribution in [0.4, 0.5) is 17.5 Å². The Morgan fingerprint density at radius 1 is 1.00 bits per heavy atom. The molecule has 0 radical (unpaired) electrons. The molecule has 4 rings (SSSR count). The Hall–Kier alpha value is -2.66. The highest BCUT2D eigenvalue weighted by atomic mass is 35.5. The van der Waals surface area contributed by atoms with Gasteiger partial charge < -0.3 is 10.6 Å². The van der Waals surface area contributed by atoms with E-state index in [2.05, 4.69) is 25.6 Å². The minimum absolute atomic E-state index is 0.481. The molecule has 0 atom stereocenters. The van der Waals surface area contributed by atoms with Crippen LogP contribution in [0.5, 0.6) is 0 Å². The van der Waals surface area contributed by atoms with Crippen LogP contribution in [-0.4, -0.2) is 21.0 Å². The SMILES string of the molecule is Cc1cc(Cl)cc(C)c1Nc1cc(-c2ccncc2)nc(NC2CC2)n1. The van der Waals surface area contributed by atoms with E-state index in [-0.39, 0.29) is 0 Å². The van der Waals surface area contributed by atoms with Crippen molar-refractivity contribution in [2.75, 3.05) is 10.6 Å². The fourth-order valence-electron chi connectivity index (χ4n) is 2.89. The Bertz CT molecular complexity index is 915. The van der Waals surface area contributed by atoms with Gasteiger partial charge in [0.05, 0.1) is 5.69 Å². The Labute approximate surface area is 157 Å². The van der Waals surface area contributed by atoms with Crippen molar-refractivity contribution in [3.63, 3.8) is 0 Å². The van der Waals surface area contributed by atoms with Gasteiger partial charge in [0.2, 0.25) is 5.95 Å². The maximum absolute atomic E-state index is 6.15. The molecule has 5 nitrogen and oxygen atoms in total. The summed E-state index contributed by atoms with van der Waals surface area (Å²) in [5, 5.41) is 7.58. The molecule has 6 heteroatoms. The van der Waals surface area contributed by atoms with E-state index in [1.807, 2.05) is 44.2 Å². The molecule has 26 heavy (non-hydrogen) atoms. The molecule has 0 unspecified atom stereocenters. The van der Waals surface area contributed by atoms with Crippen LogP contribution in [0, 0.1) is 13.8 Å². The van der Waals surface area contributed by atoms with E-state index in [1.54, 1.807) is 12.4 Å². The first-order chi connectivity index (χ1) is 12.6. The fraction of sp³-hybridized carbons (Fsp3) is 0.250. The van der Waals surface area contributed by atoms with Crippen LogP contribution >= 0.6 is 11.6 Å². The molecule has 1 saturated carbocycles. The molecule has 2 aromatic heterocycles. The summed E-state index contributed by atoms with van der Waals surface area (Å²) in [6.07, 6.45) is 5.88. The summed E-state index contributed by atoms with van der Waals surface area (Å²) in [6, 6.07) is 10.2. The standard InChI is InChI=1S/C20H20ClN5/c1-12-9-15(21)10-13(2)19(12)25-18-11-17(14-5-7-22-8-6-14)24-20(26-18)23-16-3-4-16/h5-11,16H,3-4H2,1-2H3,(H2,23,24,25,26). The lowest BCUT2D eigenvalue weighted by Gasteiger charge is -2.15. The van der Waals surface area contributed by atoms with Gasteiger partial charge in [-0.3, -0.25) is 4.98 Å². The van der Waals surface area contributed by atoms with Crippen LogP contribution in [0.3, 0.4) is 0 Å². The zero-order valence-corrected chi connectivity index (χ0v) is 15.5. The number of benzene rings is 1. The maximum atomic E-state index is 6.15. The Morgan fingerprint density at radius 2 is 1.69 bits per heavy atom. The smallest absolute Gasteiger partial charge is 0.225 e. The predicted molar refractivity (Wildman–Crippen MR) is 106 cm³/mol. The van der Waals surface area contributed by atoms with Gasteiger partial charge in [0.15, 0.2) is 0 Å². The number of pyridine rings is 1. The molecule has 0 saturated heterocycles. The van der Waals surface area contributed by atoms with Crippen molar-refractivity contribution in [2.45, 2.75) is 32.7 Å². The Morgan fingerprint density at radius 3 is 2.35 bits per heavy atom. The molecule has 132 valence electrons. The first-order valence-electron chi connectivity index (χ1n) is 8.68. The van der Waals surface area contributed by atoms with Gasteiger partial charge in [-0.2, -0.15) is 4.98 Å². The fourth-order valence-corrected chi connectivity index (χ4v) is 3.22. The predicted octanol–water partition coefficient (Wildman–Crippen LogP) is 5.13. The molecule has 2 N–H and O–H groups in total. The quantitative estimate of drug-likeness (QED) is 0.656. The van der Waals surface area contributed by atoms with Gasteiger partial charge in [0.25, 0.3) is 0 Å². The van der Waals surface area contributed by atoms with Crippen LogP contribution in [0.15, 0.2) is 42.7 Å². The average Bonchev–Trinajstić information content (AvgIpc) is 3.43. The van der Waals surface area contributed by atoms with E-state index >= 15 is 0 Å². The number of nitrogens with one attached hydrogen (secondary N) is 2. The first-order valence-corrected chi connectivity index (χ1v) is 9.06. The summed E-state index contributed by atoms with van der Waals surface area (Å²) in [4.78, 5) is 13.4. The molecule has 0 aliphatic heterocycles. The van der Waals surface area contributed by atoms with Crippen molar-refractivity contribution >= 4 is 29.1 Å². The number of hydrogen-bond donors (Lipinski definition) is 2. The van der Waals surface area contributed by atoms with Crippen LogP contribution < -0.4 is 10.6 Å². The molecule has 3 aromatic rings. The lowest BCUT2D eigenvalue weighted by Crippen LogP contribution is -2.08. The highest BCUT2D eigenvalue weighted by Crippen LogP contribution is 2.30. The van der Waals surface area contributed by atoms with Crippen molar-refractivity contribution in [1.29, 1.82) is 0 Å². The molecule has 1 aliphatic carbocycles. The van der Waals surface area contributed by atoms with Gasteiger partial charge in [-0.05, 0) is 62.1 Å². The number of nitrogens with zero attached hydrogens (tertiary/aromatic N) is 3. The van der Waals surface area contributed by atoms with Gasteiger partial charge in [-0.25, -0.2) is 4.98 Å². The van der Waals surface area contributed by atoms with E-state index in [0.717, 1.165) is 38.9 Å². The summed E-state index contributed by atoms with van der Waals surface area (Å²) >= 11 is 6.15. The third kappa shape index (κ3) is 3.78. The zero-order chi connectivity index (χ0) is 18.1. The maximum Gasteiger partial charge on any atom is 0.225 e. The molecular weight excluding hydrogens is 346 g/mol. The van der Waals surface area contributed by atoms with Gasteiger partial charge >= 0.3 is 0 Å². The average molecular weight is 366 g/mol. The molecule has 0 spiro atoms. The van der Waals surface area contributed by atoms with Crippen molar-refractivity contribution in [1.82, 2.24) is 15.0 Å². The van der Waals surface area contributed by atoms with E-state index < -0.39 is 0 Å². The molecule has 0 amide bonds. The van der Waals surface area contributed by atoms with Crippen LogP contribution in [0.2, 0.25) is 5.02 Å². The Kier molecular flexibility index (Phi) is 4.47. The molecular formula is C20H20ClN5. The molecule has 1 aliphatic rings. The highest BCUT2D eigenvalue weighted by Gasteiger charge is 2.22. The van der Waals surface area contributed by atoms with Crippen LogP contribution in [-0.2, 0) is 0 Å². The van der Waals surface area contributed by atoms with E-state index in [1.165, 1.54) is 12.8 Å². The molecule has 2 heterocycles. The number of aromatic nitrogens is 3. The number of anilines is 3. The van der Waals surface area contributed by atoms with Crippen molar-refractivity contribution in [2.24, 2.45) is 0 Å². The molecule has 1 fully saturated rings. The largest absolute Gasteiger partial charge is 0.351 e. The highest BCUT2D eigenvalue weighted by molar-refractivity contribution is 6.30. The second kappa shape index (κ2) is 6.92. The summed E-state index contributed by atoms with van der Waals surface area (Å²) < 4.78 is 0. The third-order valence-corrected chi connectivity index (χ3v) is 4.58. The van der Waals surface area contributed by atoms with Crippen molar-refractivity contribution in [3.8, 4) is 11.3 Å². The van der Waals surface area contributed by atoms with Crippen molar-refractivity contribution in [3.05, 3.63) is 58.9 Å². The van der Waals surface area contributed by atoms with E-state index in [9.17, 15) is 0 Å². The number of hydrogen-bond acceptors (Lipinski definition) is 5. The van der Waals surface area contributed by atoms with Gasteiger partial charge in [0.1, 0.15) is 5.82 Å². The summed E-state index contributed by atoms with van der Waals surface area (Å²) in [7, 11) is 0. The van der Waals surface area contributed by atoms with Gasteiger partial charge in [-0.1, -0.05) is 11.6 Å². The number of aryl methyl sites for hydroxylation is 2. The van der Waals surface area contributed by atoms with E-state index in [0.29, 0.717) is 12.0 Å². The first kappa shape index (κ1) is 16.8. The topological polar surface area (TPSA) is 62.7 Å². The number of halogens is 1. The van der Waals surface area contributed by atoms with Crippen LogP contribution in [0.25, 0.3) is 11.3 Å². The van der Waals surface area contributed by atoms with E-state index in [4.69, 9.17) is 11.6 Å². The minimum atomic E-state index is 0.481. The Balaban J connectivity index is 1.73. The second-order valence-electron chi connectivity index (χ2n) is 6.66. The summed E-state index contributed by atoms with van der Waals surface area (Å²) in [5.74, 6) is 1.40. The lowest BCUT2D eigenvalue weighted by molar-refractivity contribution is 1.06.